The molecule has 53 heteroatoms. The van der Waals surface area contributed by atoms with Crippen molar-refractivity contribution in [2.75, 3.05) is 116 Å². The van der Waals surface area contributed by atoms with E-state index in [0.29, 0.717) is 0 Å². The number of aliphatic hydroxyl groups is 4. The van der Waals surface area contributed by atoms with E-state index in [1.54, 1.807) is 55.4 Å². The van der Waals surface area contributed by atoms with E-state index >= 15 is 0 Å². The molecule has 8 heterocycles. The summed E-state index contributed by atoms with van der Waals surface area (Å²) in [6, 6.07) is 10.9. The minimum Gasteiger partial charge on any atom is -0.505 e. The molecule has 0 bridgehead atoms. The Balaban J connectivity index is 0.000000273. The summed E-state index contributed by atoms with van der Waals surface area (Å²) in [7, 11) is 5.36. The molecule has 4 aromatic carbocycles. The molecule has 0 spiro atoms. The summed E-state index contributed by atoms with van der Waals surface area (Å²) >= 11 is 0. The highest BCUT2D eigenvalue weighted by atomic mass is 16.8. The van der Waals surface area contributed by atoms with Gasteiger partial charge in [0.15, 0.2) is 94.6 Å². The largest absolute Gasteiger partial charge is 0.505 e. The number of benzene rings is 4. The van der Waals surface area contributed by atoms with Crippen molar-refractivity contribution in [3.63, 3.8) is 0 Å². The van der Waals surface area contributed by atoms with Gasteiger partial charge in [-0.15, -0.1) is 0 Å². The average Bonchev–Trinajstić information content (AvgIpc) is 0.763. The van der Waals surface area contributed by atoms with Crippen molar-refractivity contribution >= 4 is 115 Å². The zero-order valence-corrected chi connectivity index (χ0v) is 79.9. The lowest BCUT2D eigenvalue weighted by molar-refractivity contribution is -0.304. The Morgan fingerprint density at radius 3 is 0.671 bits per heavy atom. The lowest BCUT2D eigenvalue weighted by Gasteiger charge is -2.47. The molecule has 4 fully saturated rings. The van der Waals surface area contributed by atoms with Crippen LogP contribution in [0.5, 0.6) is 46.0 Å². The number of rotatable bonds is 37. The van der Waals surface area contributed by atoms with Crippen LogP contribution in [0, 0.1) is 27.7 Å². The number of carbonyl (C=O) groups is 8. The van der Waals surface area contributed by atoms with Crippen LogP contribution in [0.1, 0.15) is 77.6 Å². The van der Waals surface area contributed by atoms with E-state index in [4.69, 9.17) is 140 Å². The van der Waals surface area contributed by atoms with E-state index in [-0.39, 0.29) is 129 Å². The normalized spacial score (nSPS) is 23.6. The molecule has 16 unspecified atom stereocenters. The Bertz CT molecular complexity index is 5940. The predicted octanol–water partition coefficient (Wildman–Crippen LogP) is 2.51. The van der Waals surface area contributed by atoms with E-state index in [2.05, 4.69) is 21.3 Å². The number of primary amides is 4. The van der Waals surface area contributed by atoms with Gasteiger partial charge in [-0.25, -0.2) is 38.4 Å². The molecule has 0 radical (unpaired) electrons. The Morgan fingerprint density at radius 2 is 0.497 bits per heavy atom. The Labute approximate surface area is 808 Å². The number of nitrogens with two attached hydrogens (primary N) is 4. The molecular formula is C90H112N8O45. The Kier molecular flexibility index (Phi) is 35.1. The molecule has 53 nitrogen and oxygen atoms in total. The minimum atomic E-state index is -1.58. The summed E-state index contributed by atoms with van der Waals surface area (Å²) in [5.74, 6) is -5.61. The number of aromatic hydroxyl groups is 4. The average molecular weight is 2030 g/mol. The second-order valence-electron chi connectivity index (χ2n) is 34.8. The smallest absolute Gasteiger partial charge is 0.404 e. The zero-order chi connectivity index (χ0) is 105. The third-order valence-electron chi connectivity index (χ3n) is 23.2. The first-order valence-corrected chi connectivity index (χ1v) is 43.6. The van der Waals surface area contributed by atoms with Gasteiger partial charge in [-0.3, -0.25) is 19.2 Å². The molecule has 4 aliphatic rings. The van der Waals surface area contributed by atoms with Crippen LogP contribution in [-0.2, 0) is 99.7 Å². The third kappa shape index (κ3) is 24.8. The highest BCUT2D eigenvalue weighted by Crippen LogP contribution is 2.46. The van der Waals surface area contributed by atoms with Gasteiger partial charge >= 0.3 is 46.9 Å². The second kappa shape index (κ2) is 45.8. The van der Waals surface area contributed by atoms with Crippen molar-refractivity contribution < 1.29 is 196 Å². The van der Waals surface area contributed by atoms with Crippen LogP contribution < -0.4 is 85.7 Å². The molecule has 12 rings (SSSR count). The van der Waals surface area contributed by atoms with Crippen molar-refractivity contribution in [3.8, 4) is 46.0 Å². The lowest BCUT2D eigenvalue weighted by atomic mass is 9.89. The number of hydrogen-bond donors (Lipinski definition) is 16. The number of carbonyl (C=O) groups excluding carboxylic acids is 8. The molecule has 143 heavy (non-hydrogen) atoms. The van der Waals surface area contributed by atoms with Gasteiger partial charge in [0, 0.05) is 50.7 Å². The number of amides is 8. The molecule has 782 valence electrons. The van der Waals surface area contributed by atoms with Crippen molar-refractivity contribution in [1.29, 1.82) is 0 Å². The Morgan fingerprint density at radius 1 is 0.315 bits per heavy atom. The number of fused-ring (bicyclic) bond motifs is 4. The van der Waals surface area contributed by atoms with Gasteiger partial charge < -0.3 is 202 Å². The van der Waals surface area contributed by atoms with Gasteiger partial charge in [-0.2, -0.15) is 0 Å². The molecule has 4 aromatic heterocycles. The minimum absolute atomic E-state index is 0.00301. The van der Waals surface area contributed by atoms with Gasteiger partial charge in [0.2, 0.25) is 25.2 Å². The fourth-order valence-corrected chi connectivity index (χ4v) is 16.5. The van der Waals surface area contributed by atoms with E-state index in [9.17, 15) is 98.4 Å². The van der Waals surface area contributed by atoms with Crippen molar-refractivity contribution in [3.05, 3.63) is 112 Å². The van der Waals surface area contributed by atoms with Gasteiger partial charge in [0.1, 0.15) is 96.2 Å². The summed E-state index contributed by atoms with van der Waals surface area (Å²) < 4.78 is 138. The molecule has 20 N–H and O–H groups in total. The quantitative estimate of drug-likeness (QED) is 0.0151. The summed E-state index contributed by atoms with van der Waals surface area (Å²) in [4.78, 5) is 149. The first kappa shape index (κ1) is 110. The van der Waals surface area contributed by atoms with Crippen molar-refractivity contribution in [2.45, 2.75) is 204 Å². The standard InChI is InChI=1S/C46H58N4O23.C44H54N4O22/c1-19-23(66-41-31(55)35(70-43(47)59)37(61-7)45(3,4)72-41)11-9-21-29(53)27(39(57)68-33(19)21)49-25(51)17-64-15-13-63-14-16-65-18-26(52)50-28-30(54)22-10-12-24(20(2)34(22)69-40(28)58)67-42-32(56)36(71-44(48)60)38(62-8)46(5,6)73-42;1-17-21(63-39-29(53)33(67-41(45)57)35(59-7)43(3,4)69-39)11-9-19-27(51)25(37(55)65-31(17)19)47-23(49)15-61-13-14-62-16-24(50)48-26-28(52)20-10-12-22(18(2)32(20)66-38(26)56)64-40-30(54)34(68-42(46)58)36(60-8)44(5,6)70-40/h9-12,31-32,35-38,41-42,53-56H,13-18H2,1-8H3,(H2,47,59)(H2,48,60)(H,49,51)(H,50,52);9-12,29-30,33-36,39-40,51-54H,13-16H2,1-8H3,(H2,45,57)(H2,46,58)(H,47,49)(H,48,50). The van der Waals surface area contributed by atoms with Crippen molar-refractivity contribution in [2.24, 2.45) is 22.9 Å². The summed E-state index contributed by atoms with van der Waals surface area (Å²) in [6.45, 7) is 15.9. The van der Waals surface area contributed by atoms with E-state index < -0.39 is 263 Å². The molecule has 8 aromatic rings. The van der Waals surface area contributed by atoms with Crippen LogP contribution in [0.15, 0.2) is 85.4 Å². The number of nitrogens with one attached hydrogen (secondary N) is 4. The molecule has 0 aliphatic carbocycles. The maximum absolute atomic E-state index is 13.0. The van der Waals surface area contributed by atoms with Gasteiger partial charge in [-0.1, -0.05) is 0 Å². The highest BCUT2D eigenvalue weighted by molar-refractivity contribution is 6.02. The zero-order valence-electron chi connectivity index (χ0n) is 79.9. The summed E-state index contributed by atoms with van der Waals surface area (Å²) in [5.41, 5.74) is 9.84. The van der Waals surface area contributed by atoms with E-state index in [1.807, 2.05) is 0 Å². The van der Waals surface area contributed by atoms with Crippen LogP contribution in [0.3, 0.4) is 0 Å². The van der Waals surface area contributed by atoms with E-state index in [1.165, 1.54) is 105 Å². The molecule has 0 saturated carbocycles. The van der Waals surface area contributed by atoms with Crippen LogP contribution in [0.25, 0.3) is 43.9 Å². The first-order valence-electron chi connectivity index (χ1n) is 43.6. The van der Waals surface area contributed by atoms with Gasteiger partial charge in [0.25, 0.3) is 23.6 Å². The van der Waals surface area contributed by atoms with E-state index in [0.717, 1.165) is 0 Å². The van der Waals surface area contributed by atoms with Gasteiger partial charge in [0.05, 0.1) is 83.6 Å². The summed E-state index contributed by atoms with van der Waals surface area (Å²) in [5, 5.41) is 97.0. The van der Waals surface area contributed by atoms with Crippen LogP contribution in [0.2, 0.25) is 0 Å². The topological polar surface area (TPSA) is 765 Å². The van der Waals surface area contributed by atoms with Crippen molar-refractivity contribution in [1.82, 2.24) is 0 Å². The SMILES string of the molecule is COC1C(OC(N)=O)C(O)C(Oc2ccc3c(O)c(NC(=O)COCCOCC(=O)Nc4c(O)c5ccc(OC6OC(C)(C)C(OC)C(OC(N)=O)C6O)c(C)c5oc4=O)c(=O)oc3c2C)OC1(C)C.COC1C(OC(N)=O)C(O)C(Oc2ccc3c(O)c(NC(=O)COCCOCCOCC(=O)Nc4c(O)c5ccc(OC6OC(C)(C)C(OC)C(OC(N)=O)C6O)c(C)c5oc4=O)c(=O)oc3c2C)OC1(C)C. The van der Waals surface area contributed by atoms with Crippen LogP contribution >= 0.6 is 0 Å². The molecule has 16 atom stereocenters. The fourth-order valence-electron chi connectivity index (χ4n) is 16.5. The fraction of sp³-hybridized carbons (Fsp3) is 0.511. The Hall–Kier alpha value is -13.6. The number of aliphatic hydroxyl groups excluding tert-OH is 4. The third-order valence-corrected chi connectivity index (χ3v) is 23.2. The number of aryl methyl sites for hydroxylation is 4. The molecular weight excluding hydrogens is 1910 g/mol. The second-order valence-corrected chi connectivity index (χ2v) is 34.8. The maximum Gasteiger partial charge on any atom is 0.404 e. The van der Waals surface area contributed by atoms with Crippen LogP contribution in [0.4, 0.5) is 41.9 Å². The molecule has 4 aliphatic heterocycles. The lowest BCUT2D eigenvalue weighted by Crippen LogP contribution is -2.65. The molecule has 4 saturated heterocycles. The summed E-state index contributed by atoms with van der Waals surface area (Å²) in [6.07, 6.45) is -25.4. The monoisotopic (exact) mass is 2020 g/mol. The number of hydrogen-bond acceptors (Lipinski definition) is 45. The predicted molar refractivity (Wildman–Crippen MR) is 488 cm³/mol. The first-order chi connectivity index (χ1) is 67.3. The number of methoxy groups -OCH3 is 4. The van der Waals surface area contributed by atoms with Crippen LogP contribution in [-0.4, -0.2) is 304 Å². The highest BCUT2D eigenvalue weighted by Gasteiger charge is 2.58. The van der Waals surface area contributed by atoms with Gasteiger partial charge in [-0.05, 0) is 132 Å². The number of ether oxygens (including phenoxy) is 21. The number of anilines is 4. The molecule has 8 amide bonds. The maximum atomic E-state index is 13.0.